The van der Waals surface area contributed by atoms with Crippen LogP contribution in [0.5, 0.6) is 0 Å². The Bertz CT molecular complexity index is 1770. The molecule has 0 aliphatic carbocycles. The third kappa shape index (κ3) is 66.7. The van der Waals surface area contributed by atoms with E-state index in [2.05, 4.69) is 34.6 Å². The molecule has 0 amide bonds. The number of phosphoric ester groups is 2. The van der Waals surface area contributed by atoms with Gasteiger partial charge >= 0.3 is 39.5 Å². The molecule has 0 bridgehead atoms. The predicted molar refractivity (Wildman–Crippen MR) is 372 cm³/mol. The summed E-state index contributed by atoms with van der Waals surface area (Å²) in [6.45, 7) is 7.20. The molecule has 0 aromatic heterocycles. The minimum atomic E-state index is -4.95. The molecule has 546 valence electrons. The Hall–Kier alpha value is -1.94. The number of hydrogen-bond donors (Lipinski definition) is 3. The van der Waals surface area contributed by atoms with E-state index in [1.807, 2.05) is 0 Å². The molecule has 0 radical (unpaired) electrons. The van der Waals surface area contributed by atoms with Crippen molar-refractivity contribution >= 4 is 39.5 Å². The number of hydrogen-bond acceptors (Lipinski definition) is 15. The minimum absolute atomic E-state index is 0.106. The van der Waals surface area contributed by atoms with E-state index in [1.165, 1.54) is 199 Å². The lowest BCUT2D eigenvalue weighted by Gasteiger charge is -2.21. The van der Waals surface area contributed by atoms with Crippen LogP contribution in [0.2, 0.25) is 0 Å². The van der Waals surface area contributed by atoms with E-state index in [0.717, 1.165) is 102 Å². The van der Waals surface area contributed by atoms with Crippen LogP contribution in [-0.4, -0.2) is 96.7 Å². The van der Waals surface area contributed by atoms with Crippen molar-refractivity contribution in [2.75, 3.05) is 39.6 Å². The molecule has 0 saturated heterocycles. The Morgan fingerprint density at radius 3 is 0.739 bits per heavy atom. The van der Waals surface area contributed by atoms with Crippen LogP contribution in [0.3, 0.4) is 0 Å². The van der Waals surface area contributed by atoms with E-state index >= 15 is 0 Å². The Labute approximate surface area is 562 Å². The Morgan fingerprint density at radius 2 is 0.500 bits per heavy atom. The van der Waals surface area contributed by atoms with Gasteiger partial charge in [-0.2, -0.15) is 0 Å². The maximum absolute atomic E-state index is 13.1. The van der Waals surface area contributed by atoms with Crippen molar-refractivity contribution in [3.8, 4) is 0 Å². The summed E-state index contributed by atoms with van der Waals surface area (Å²) in [7, 11) is -9.89. The van der Waals surface area contributed by atoms with Gasteiger partial charge in [-0.25, -0.2) is 9.13 Å². The second-order valence-corrected chi connectivity index (χ2v) is 29.7. The first-order valence-electron chi connectivity index (χ1n) is 38.1. The second kappa shape index (κ2) is 66.3. The molecule has 17 nitrogen and oxygen atoms in total. The fraction of sp³-hybridized carbons (Fsp3) is 0.945. The van der Waals surface area contributed by atoms with Crippen LogP contribution in [0.1, 0.15) is 381 Å². The molecule has 0 aliphatic heterocycles. The maximum Gasteiger partial charge on any atom is 0.472 e. The molecule has 2 unspecified atom stereocenters. The van der Waals surface area contributed by atoms with E-state index < -0.39 is 97.5 Å². The number of ether oxygens (including phenoxy) is 4. The van der Waals surface area contributed by atoms with Gasteiger partial charge in [0.2, 0.25) is 0 Å². The molecule has 0 aromatic rings. The molecule has 19 heteroatoms. The third-order valence-electron chi connectivity index (χ3n) is 17.0. The number of esters is 4. The largest absolute Gasteiger partial charge is 0.472 e. The van der Waals surface area contributed by atoms with E-state index in [0.29, 0.717) is 25.7 Å². The van der Waals surface area contributed by atoms with Gasteiger partial charge in [0, 0.05) is 25.7 Å². The highest BCUT2D eigenvalue weighted by Crippen LogP contribution is 2.45. The molecule has 92 heavy (non-hydrogen) atoms. The van der Waals surface area contributed by atoms with Gasteiger partial charge in [-0.05, 0) is 31.6 Å². The summed E-state index contributed by atoms with van der Waals surface area (Å²) in [6.07, 6.45) is 54.5. The number of rotatable bonds is 73. The van der Waals surface area contributed by atoms with Crippen LogP contribution < -0.4 is 0 Å². The quantitative estimate of drug-likeness (QED) is 0.0222. The van der Waals surface area contributed by atoms with Crippen LogP contribution in [0, 0.1) is 5.92 Å². The van der Waals surface area contributed by atoms with Gasteiger partial charge in [-0.3, -0.25) is 37.3 Å². The summed E-state index contributed by atoms with van der Waals surface area (Å²) in [5.41, 5.74) is 0. The topological polar surface area (TPSA) is 237 Å². The number of aliphatic hydroxyl groups excluding tert-OH is 1. The number of unbranched alkanes of at least 4 members (excludes halogenated alkanes) is 45. The SMILES string of the molecule is CCCCCCCCCCCCCCCCCCCCCC(=O)O[C@H](COC(=O)CCCCCCCCCCCCCCCCC(C)C)COP(=O)(O)OC[C@@H](O)COP(=O)(O)OC[C@@H](COC(=O)CCCCCCC)OC(=O)CCCCCCCCCCCCC. The predicted octanol–water partition coefficient (Wildman–Crippen LogP) is 21.3. The van der Waals surface area contributed by atoms with Gasteiger partial charge in [0.25, 0.3) is 0 Å². The Balaban J connectivity index is 5.13. The van der Waals surface area contributed by atoms with Crippen LogP contribution in [0.4, 0.5) is 0 Å². The normalized spacial score (nSPS) is 14.0. The van der Waals surface area contributed by atoms with E-state index in [9.17, 15) is 43.2 Å². The van der Waals surface area contributed by atoms with Crippen molar-refractivity contribution in [3.63, 3.8) is 0 Å². The zero-order valence-electron chi connectivity index (χ0n) is 59.7. The van der Waals surface area contributed by atoms with Crippen LogP contribution in [-0.2, 0) is 65.4 Å². The first-order chi connectivity index (χ1) is 44.5. The number of phosphoric acid groups is 2. The van der Waals surface area contributed by atoms with Crippen molar-refractivity contribution in [1.82, 2.24) is 0 Å². The van der Waals surface area contributed by atoms with E-state index in [-0.39, 0.29) is 25.7 Å². The molecule has 5 atom stereocenters. The molecule has 0 fully saturated rings. The van der Waals surface area contributed by atoms with Crippen molar-refractivity contribution in [2.24, 2.45) is 5.92 Å². The zero-order valence-corrected chi connectivity index (χ0v) is 61.5. The molecule has 0 aromatic carbocycles. The molecular weight excluding hydrogens is 1210 g/mol. The lowest BCUT2D eigenvalue weighted by molar-refractivity contribution is -0.161. The standard InChI is InChI=1S/C73H142O17P2/c1-6-9-12-15-17-19-21-22-23-24-25-26-27-32-36-40-44-49-54-59-73(78)90-69(63-84-71(76)57-52-47-42-38-35-31-29-28-30-34-37-41-46-50-55-66(4)5)65-88-92(81,82)86-61-67(74)60-85-91(79,80)87-64-68(62-83-70(75)56-51-45-14-11-8-3)89-72(77)58-53-48-43-39-33-20-18-16-13-10-7-2/h66-69,74H,6-65H2,1-5H3,(H,79,80)(H,81,82)/t67-,68+,69+/m0/s1. The summed E-state index contributed by atoms with van der Waals surface area (Å²) in [4.78, 5) is 72.4. The Morgan fingerprint density at radius 1 is 0.293 bits per heavy atom. The molecular formula is C73H142O17P2. The lowest BCUT2D eigenvalue weighted by atomic mass is 10.0. The summed E-state index contributed by atoms with van der Waals surface area (Å²) < 4.78 is 68.2. The van der Waals surface area contributed by atoms with E-state index in [4.69, 9.17) is 37.0 Å². The number of carbonyl (C=O) groups excluding carboxylic acids is 4. The van der Waals surface area contributed by atoms with Crippen molar-refractivity contribution < 1.29 is 80.2 Å². The molecule has 0 saturated carbocycles. The highest BCUT2D eigenvalue weighted by atomic mass is 31.2. The fourth-order valence-corrected chi connectivity index (χ4v) is 12.8. The average Bonchev–Trinajstić information content (AvgIpc) is 2.07. The highest BCUT2D eigenvalue weighted by Gasteiger charge is 2.30. The molecule has 0 spiro atoms. The van der Waals surface area contributed by atoms with E-state index in [1.54, 1.807) is 0 Å². The summed E-state index contributed by atoms with van der Waals surface area (Å²) in [5.74, 6) is -1.33. The summed E-state index contributed by atoms with van der Waals surface area (Å²) in [5, 5.41) is 10.6. The lowest BCUT2D eigenvalue weighted by Crippen LogP contribution is -2.30. The summed E-state index contributed by atoms with van der Waals surface area (Å²) in [6, 6.07) is 0. The van der Waals surface area contributed by atoms with Crippen molar-refractivity contribution in [1.29, 1.82) is 0 Å². The van der Waals surface area contributed by atoms with Crippen LogP contribution in [0.25, 0.3) is 0 Å². The molecule has 0 rings (SSSR count). The van der Waals surface area contributed by atoms with Gasteiger partial charge in [0.15, 0.2) is 12.2 Å². The molecule has 0 aliphatic rings. The Kier molecular flexibility index (Phi) is 64.9. The highest BCUT2D eigenvalue weighted by molar-refractivity contribution is 7.47. The van der Waals surface area contributed by atoms with Gasteiger partial charge in [-0.15, -0.1) is 0 Å². The summed E-state index contributed by atoms with van der Waals surface area (Å²) >= 11 is 0. The molecule has 3 N–H and O–H groups in total. The smallest absolute Gasteiger partial charge is 0.462 e. The third-order valence-corrected chi connectivity index (χ3v) is 18.9. The van der Waals surface area contributed by atoms with Gasteiger partial charge in [0.1, 0.15) is 19.3 Å². The first kappa shape index (κ1) is 90.1. The van der Waals surface area contributed by atoms with Crippen LogP contribution >= 0.6 is 15.6 Å². The fourth-order valence-electron chi connectivity index (χ4n) is 11.2. The number of aliphatic hydroxyl groups is 1. The first-order valence-corrected chi connectivity index (χ1v) is 41.1. The van der Waals surface area contributed by atoms with Gasteiger partial charge < -0.3 is 33.8 Å². The maximum atomic E-state index is 13.1. The number of carbonyl (C=O) groups is 4. The van der Waals surface area contributed by atoms with Gasteiger partial charge in [0.05, 0.1) is 26.4 Å². The molecule has 0 heterocycles. The second-order valence-electron chi connectivity index (χ2n) is 26.8. The minimum Gasteiger partial charge on any atom is -0.462 e. The van der Waals surface area contributed by atoms with Crippen molar-refractivity contribution in [3.05, 3.63) is 0 Å². The average molecular weight is 1350 g/mol. The van der Waals surface area contributed by atoms with Crippen LogP contribution in [0.15, 0.2) is 0 Å². The van der Waals surface area contributed by atoms with Crippen molar-refractivity contribution in [2.45, 2.75) is 400 Å². The van der Waals surface area contributed by atoms with Gasteiger partial charge in [-0.1, -0.05) is 330 Å². The monoisotopic (exact) mass is 1350 g/mol. The zero-order chi connectivity index (χ0) is 67.7.